The van der Waals surface area contributed by atoms with E-state index in [1.807, 2.05) is 24.6 Å². The molecule has 108 valence electrons. The Kier molecular flexibility index (Phi) is 4.57. The lowest BCUT2D eigenvalue weighted by Crippen LogP contribution is -2.26. The number of amides is 1. The van der Waals surface area contributed by atoms with E-state index in [9.17, 15) is 4.79 Å². The summed E-state index contributed by atoms with van der Waals surface area (Å²) >= 11 is 1.27. The number of anilines is 2. The number of hydrogen-bond acceptors (Lipinski definition) is 6. The van der Waals surface area contributed by atoms with E-state index in [-0.39, 0.29) is 17.8 Å². The van der Waals surface area contributed by atoms with Crippen molar-refractivity contribution in [3.8, 4) is 0 Å². The number of nitrogens with zero attached hydrogens (tertiary/aromatic N) is 3. The first-order valence-corrected chi connectivity index (χ1v) is 7.14. The summed E-state index contributed by atoms with van der Waals surface area (Å²) in [5, 5.41) is 6.62. The molecule has 2 aromatic heterocycles. The molecule has 0 atom stereocenters. The molecule has 0 unspecified atom stereocenters. The van der Waals surface area contributed by atoms with E-state index in [2.05, 4.69) is 20.6 Å². The molecule has 0 fully saturated rings. The maximum atomic E-state index is 12.0. The summed E-state index contributed by atoms with van der Waals surface area (Å²) in [7, 11) is 0. The molecular weight excluding hydrogens is 276 g/mol. The Balaban J connectivity index is 1.90. The largest absolute Gasteiger partial charge is 0.382 e. The predicted octanol–water partition coefficient (Wildman–Crippen LogP) is 1.17. The fourth-order valence-corrected chi connectivity index (χ4v) is 2.55. The molecule has 0 aliphatic heterocycles. The summed E-state index contributed by atoms with van der Waals surface area (Å²) in [5.74, 6) is 0.0650. The second kappa shape index (κ2) is 6.38. The summed E-state index contributed by atoms with van der Waals surface area (Å²) in [6, 6.07) is 0.248. The highest BCUT2D eigenvalue weighted by atomic mass is 32.1. The maximum absolute atomic E-state index is 12.0. The topological polar surface area (TPSA) is 97.9 Å². The van der Waals surface area contributed by atoms with Gasteiger partial charge in [0.25, 0.3) is 5.91 Å². The molecule has 2 aromatic rings. The summed E-state index contributed by atoms with van der Waals surface area (Å²) in [6.45, 7) is 5.19. The third-order valence-corrected chi connectivity index (χ3v) is 3.49. The summed E-state index contributed by atoms with van der Waals surface area (Å²) < 4.78 is 1.89. The molecule has 1 amide bonds. The average Bonchev–Trinajstić information content (AvgIpc) is 2.98. The van der Waals surface area contributed by atoms with Gasteiger partial charge in [-0.3, -0.25) is 4.79 Å². The van der Waals surface area contributed by atoms with Crippen molar-refractivity contribution in [2.45, 2.75) is 26.4 Å². The van der Waals surface area contributed by atoms with Crippen LogP contribution in [0.15, 0.2) is 18.7 Å². The molecule has 0 spiro atoms. The number of carbonyl (C=O) groups excluding carboxylic acids is 1. The standard InChI is InChI=1S/C12H18N6OS/c1-8(2)16-12-17-10(13)9(20-12)11(19)15-4-6-18-5-3-14-7-18/h3,5,7-8H,4,6,13H2,1-2H3,(H,15,19)(H,16,17). The van der Waals surface area contributed by atoms with Gasteiger partial charge in [0.1, 0.15) is 10.7 Å². The van der Waals surface area contributed by atoms with Gasteiger partial charge in [-0.05, 0) is 13.8 Å². The fourth-order valence-electron chi connectivity index (χ4n) is 1.60. The van der Waals surface area contributed by atoms with E-state index in [0.29, 0.717) is 23.1 Å². The van der Waals surface area contributed by atoms with Crippen molar-refractivity contribution in [2.75, 3.05) is 17.6 Å². The van der Waals surface area contributed by atoms with Crippen LogP contribution < -0.4 is 16.4 Å². The molecule has 2 heterocycles. The molecule has 4 N–H and O–H groups in total. The van der Waals surface area contributed by atoms with Crippen molar-refractivity contribution in [1.82, 2.24) is 19.9 Å². The molecule has 0 saturated heterocycles. The lowest BCUT2D eigenvalue weighted by atomic mass is 10.4. The van der Waals surface area contributed by atoms with Gasteiger partial charge < -0.3 is 20.9 Å². The van der Waals surface area contributed by atoms with Crippen LogP contribution in [0.3, 0.4) is 0 Å². The normalized spacial score (nSPS) is 10.8. The van der Waals surface area contributed by atoms with Crippen molar-refractivity contribution in [3.63, 3.8) is 0 Å². The van der Waals surface area contributed by atoms with Crippen LogP contribution in [0.4, 0.5) is 10.9 Å². The van der Waals surface area contributed by atoms with Gasteiger partial charge in [0.2, 0.25) is 0 Å². The van der Waals surface area contributed by atoms with Crippen LogP contribution in [0.5, 0.6) is 0 Å². The fraction of sp³-hybridized carbons (Fsp3) is 0.417. The molecule has 0 aromatic carbocycles. The molecule has 0 aliphatic carbocycles. The minimum atomic E-state index is -0.197. The second-order valence-corrected chi connectivity index (χ2v) is 5.59. The number of imidazole rings is 1. The van der Waals surface area contributed by atoms with Crippen LogP contribution in [0.2, 0.25) is 0 Å². The molecule has 7 nitrogen and oxygen atoms in total. The summed E-state index contributed by atoms with van der Waals surface area (Å²) in [6.07, 6.45) is 5.25. The number of nitrogen functional groups attached to an aromatic ring is 1. The highest BCUT2D eigenvalue weighted by Gasteiger charge is 2.16. The predicted molar refractivity (Wildman–Crippen MR) is 79.8 cm³/mol. The first-order valence-electron chi connectivity index (χ1n) is 6.33. The van der Waals surface area contributed by atoms with Crippen molar-refractivity contribution >= 4 is 28.2 Å². The van der Waals surface area contributed by atoms with E-state index < -0.39 is 0 Å². The van der Waals surface area contributed by atoms with Crippen LogP contribution in [0.25, 0.3) is 0 Å². The first-order chi connectivity index (χ1) is 9.56. The smallest absolute Gasteiger partial charge is 0.265 e. The van der Waals surface area contributed by atoms with E-state index in [4.69, 9.17) is 5.73 Å². The van der Waals surface area contributed by atoms with E-state index in [0.717, 1.165) is 0 Å². The van der Waals surface area contributed by atoms with E-state index >= 15 is 0 Å². The number of aromatic nitrogens is 3. The first kappa shape index (κ1) is 14.3. The Labute approximate surface area is 121 Å². The molecule has 8 heteroatoms. The van der Waals surface area contributed by atoms with E-state index in [1.165, 1.54) is 11.3 Å². The van der Waals surface area contributed by atoms with Crippen molar-refractivity contribution in [3.05, 3.63) is 23.6 Å². The van der Waals surface area contributed by atoms with Crippen LogP contribution in [0, 0.1) is 0 Å². The lowest BCUT2D eigenvalue weighted by molar-refractivity contribution is 0.0957. The molecule has 0 bridgehead atoms. The van der Waals surface area contributed by atoms with Gasteiger partial charge in [-0.25, -0.2) is 9.97 Å². The van der Waals surface area contributed by atoms with E-state index in [1.54, 1.807) is 12.5 Å². The van der Waals surface area contributed by atoms with Crippen LogP contribution in [-0.4, -0.2) is 33.0 Å². The Bertz CT molecular complexity index is 563. The molecule has 20 heavy (non-hydrogen) atoms. The molecule has 2 rings (SSSR count). The number of nitrogens with two attached hydrogens (primary N) is 1. The zero-order chi connectivity index (χ0) is 14.5. The maximum Gasteiger partial charge on any atom is 0.265 e. The van der Waals surface area contributed by atoms with Crippen LogP contribution in [-0.2, 0) is 6.54 Å². The van der Waals surface area contributed by atoms with Crippen molar-refractivity contribution in [2.24, 2.45) is 0 Å². The van der Waals surface area contributed by atoms with Gasteiger partial charge in [-0.1, -0.05) is 11.3 Å². The molecule has 0 saturated carbocycles. The van der Waals surface area contributed by atoms with Gasteiger partial charge in [0.05, 0.1) is 6.33 Å². The highest BCUT2D eigenvalue weighted by molar-refractivity contribution is 7.18. The summed E-state index contributed by atoms with van der Waals surface area (Å²) in [5.41, 5.74) is 5.77. The number of rotatable bonds is 6. The number of nitrogens with one attached hydrogen (secondary N) is 2. The van der Waals surface area contributed by atoms with Gasteiger partial charge in [0.15, 0.2) is 5.13 Å². The zero-order valence-electron chi connectivity index (χ0n) is 11.5. The molecule has 0 radical (unpaired) electrons. The minimum Gasteiger partial charge on any atom is -0.382 e. The SMILES string of the molecule is CC(C)Nc1nc(N)c(C(=O)NCCn2ccnc2)s1. The second-order valence-electron chi connectivity index (χ2n) is 4.59. The Morgan fingerprint density at radius 1 is 1.55 bits per heavy atom. The monoisotopic (exact) mass is 294 g/mol. The third-order valence-electron chi connectivity index (χ3n) is 2.49. The van der Waals surface area contributed by atoms with Crippen molar-refractivity contribution < 1.29 is 4.79 Å². The van der Waals surface area contributed by atoms with Gasteiger partial charge >= 0.3 is 0 Å². The number of hydrogen-bond donors (Lipinski definition) is 3. The molecule has 0 aliphatic rings. The van der Waals surface area contributed by atoms with Gasteiger partial charge in [-0.15, -0.1) is 0 Å². The number of carbonyl (C=O) groups is 1. The average molecular weight is 294 g/mol. The highest BCUT2D eigenvalue weighted by Crippen LogP contribution is 2.25. The number of thiazole rings is 1. The van der Waals surface area contributed by atoms with Gasteiger partial charge in [-0.2, -0.15) is 0 Å². The quantitative estimate of drug-likeness (QED) is 0.743. The minimum absolute atomic E-state index is 0.197. The zero-order valence-corrected chi connectivity index (χ0v) is 12.3. The summed E-state index contributed by atoms with van der Waals surface area (Å²) in [4.78, 5) is 20.5. The Morgan fingerprint density at radius 2 is 2.35 bits per heavy atom. The van der Waals surface area contributed by atoms with Crippen LogP contribution in [0.1, 0.15) is 23.5 Å². The van der Waals surface area contributed by atoms with Gasteiger partial charge in [0, 0.05) is 31.5 Å². The third kappa shape index (κ3) is 3.70. The Morgan fingerprint density at radius 3 is 3.00 bits per heavy atom. The molecular formula is C12H18N6OS. The lowest BCUT2D eigenvalue weighted by Gasteiger charge is -2.05. The Hall–Kier alpha value is -2.09. The van der Waals surface area contributed by atoms with Crippen molar-refractivity contribution in [1.29, 1.82) is 0 Å². The van der Waals surface area contributed by atoms with Crippen LogP contribution >= 0.6 is 11.3 Å².